The maximum atomic E-state index is 12.0. The van der Waals surface area contributed by atoms with Crippen molar-refractivity contribution in [2.24, 2.45) is 5.73 Å². The number of nitrogens with two attached hydrogens (primary N) is 1. The van der Waals surface area contributed by atoms with Crippen LogP contribution in [0.4, 0.5) is 0 Å². The molecular formula is C18H33Cl3N4O. The van der Waals surface area contributed by atoms with Gasteiger partial charge in [0.05, 0.1) is 0 Å². The SMILES string of the molecule is CCN1CCN(CCCCNC(=O)c2ccc(CN)cc2)CC1.Cl.Cl.Cl. The van der Waals surface area contributed by atoms with Gasteiger partial charge in [0.25, 0.3) is 5.91 Å². The molecule has 0 saturated carbocycles. The molecule has 1 amide bonds. The molecule has 0 aliphatic carbocycles. The van der Waals surface area contributed by atoms with Crippen LogP contribution >= 0.6 is 37.2 Å². The third kappa shape index (κ3) is 9.40. The Morgan fingerprint density at radius 2 is 1.58 bits per heavy atom. The van der Waals surface area contributed by atoms with Crippen LogP contribution in [-0.4, -0.2) is 61.5 Å². The number of carbonyl (C=O) groups excluding carboxylic acids is 1. The van der Waals surface area contributed by atoms with Gasteiger partial charge in [-0.25, -0.2) is 0 Å². The van der Waals surface area contributed by atoms with Gasteiger partial charge in [-0.1, -0.05) is 19.1 Å². The van der Waals surface area contributed by atoms with E-state index in [-0.39, 0.29) is 43.1 Å². The van der Waals surface area contributed by atoms with E-state index in [4.69, 9.17) is 5.73 Å². The Labute approximate surface area is 176 Å². The number of likely N-dealkylation sites (N-methyl/N-ethyl adjacent to an activating group) is 1. The summed E-state index contributed by atoms with van der Waals surface area (Å²) in [5.41, 5.74) is 7.31. The minimum atomic E-state index is 0. The van der Waals surface area contributed by atoms with Gasteiger partial charge in [-0.15, -0.1) is 37.2 Å². The van der Waals surface area contributed by atoms with Gasteiger partial charge in [0, 0.05) is 44.8 Å². The topological polar surface area (TPSA) is 61.6 Å². The number of unbranched alkanes of at least 4 members (excludes halogenated alkanes) is 1. The van der Waals surface area contributed by atoms with Gasteiger partial charge >= 0.3 is 0 Å². The van der Waals surface area contributed by atoms with E-state index in [1.807, 2.05) is 24.3 Å². The van der Waals surface area contributed by atoms with Crippen molar-refractivity contribution in [1.29, 1.82) is 0 Å². The number of rotatable bonds is 8. The summed E-state index contributed by atoms with van der Waals surface area (Å²) >= 11 is 0. The van der Waals surface area contributed by atoms with E-state index in [2.05, 4.69) is 22.0 Å². The smallest absolute Gasteiger partial charge is 0.251 e. The molecule has 1 heterocycles. The Kier molecular flexibility index (Phi) is 16.5. The third-order valence-electron chi connectivity index (χ3n) is 4.55. The molecular weight excluding hydrogens is 395 g/mol. The first-order chi connectivity index (χ1) is 11.2. The largest absolute Gasteiger partial charge is 0.352 e. The average Bonchev–Trinajstić information content (AvgIpc) is 2.62. The second-order valence-electron chi connectivity index (χ2n) is 6.14. The second-order valence-corrected chi connectivity index (χ2v) is 6.14. The first-order valence-corrected chi connectivity index (χ1v) is 8.75. The standard InChI is InChI=1S/C18H30N4O.3ClH/c1-2-21-11-13-22(14-12-21)10-4-3-9-20-18(23)17-7-5-16(15-19)6-8-17;;;/h5-8H,2-4,9-15,19H2,1H3,(H,20,23);3*1H. The summed E-state index contributed by atoms with van der Waals surface area (Å²) in [6.45, 7) is 10.5. The van der Waals surface area contributed by atoms with Crippen LogP contribution in [0.15, 0.2) is 24.3 Å². The lowest BCUT2D eigenvalue weighted by molar-refractivity contribution is 0.0951. The fourth-order valence-corrected chi connectivity index (χ4v) is 2.89. The fourth-order valence-electron chi connectivity index (χ4n) is 2.89. The quantitative estimate of drug-likeness (QED) is 0.626. The summed E-state index contributed by atoms with van der Waals surface area (Å²) < 4.78 is 0. The van der Waals surface area contributed by atoms with Gasteiger partial charge < -0.3 is 20.9 Å². The highest BCUT2D eigenvalue weighted by molar-refractivity contribution is 5.94. The maximum absolute atomic E-state index is 12.0. The lowest BCUT2D eigenvalue weighted by Gasteiger charge is -2.33. The summed E-state index contributed by atoms with van der Waals surface area (Å²) in [7, 11) is 0. The van der Waals surface area contributed by atoms with E-state index in [1.165, 1.54) is 26.2 Å². The van der Waals surface area contributed by atoms with Crippen LogP contribution in [0.5, 0.6) is 0 Å². The molecule has 1 aromatic rings. The molecule has 26 heavy (non-hydrogen) atoms. The van der Waals surface area contributed by atoms with Crippen LogP contribution in [-0.2, 0) is 6.54 Å². The molecule has 1 saturated heterocycles. The van der Waals surface area contributed by atoms with Gasteiger partial charge in [-0.2, -0.15) is 0 Å². The first-order valence-electron chi connectivity index (χ1n) is 8.75. The fraction of sp³-hybridized carbons (Fsp3) is 0.611. The minimum absolute atomic E-state index is 0. The number of hydrogen-bond acceptors (Lipinski definition) is 4. The number of amides is 1. The normalized spacial score (nSPS) is 14.5. The van der Waals surface area contributed by atoms with Crippen molar-refractivity contribution >= 4 is 43.1 Å². The lowest BCUT2D eigenvalue weighted by Crippen LogP contribution is -2.46. The molecule has 5 nitrogen and oxygen atoms in total. The molecule has 0 radical (unpaired) electrons. The van der Waals surface area contributed by atoms with E-state index in [0.29, 0.717) is 12.1 Å². The highest BCUT2D eigenvalue weighted by Crippen LogP contribution is 2.05. The van der Waals surface area contributed by atoms with Crippen molar-refractivity contribution in [2.75, 3.05) is 45.8 Å². The van der Waals surface area contributed by atoms with Crippen LogP contribution in [0.25, 0.3) is 0 Å². The molecule has 3 N–H and O–H groups in total. The van der Waals surface area contributed by atoms with E-state index in [9.17, 15) is 4.79 Å². The first kappa shape index (κ1) is 27.7. The molecule has 0 unspecified atom stereocenters. The van der Waals surface area contributed by atoms with Crippen molar-refractivity contribution in [3.63, 3.8) is 0 Å². The number of nitrogens with zero attached hydrogens (tertiary/aromatic N) is 2. The Balaban J connectivity index is 0. The second kappa shape index (κ2) is 15.5. The summed E-state index contributed by atoms with van der Waals surface area (Å²) in [5.74, 6) is 0.00475. The molecule has 0 atom stereocenters. The molecule has 1 aromatic carbocycles. The summed E-state index contributed by atoms with van der Waals surface area (Å²) in [4.78, 5) is 17.0. The predicted molar refractivity (Wildman–Crippen MR) is 116 cm³/mol. The highest BCUT2D eigenvalue weighted by Gasteiger charge is 2.14. The summed E-state index contributed by atoms with van der Waals surface area (Å²) in [5, 5.41) is 2.99. The number of hydrogen-bond donors (Lipinski definition) is 2. The molecule has 2 rings (SSSR count). The van der Waals surface area contributed by atoms with Crippen LogP contribution < -0.4 is 11.1 Å². The Morgan fingerprint density at radius 1 is 1.00 bits per heavy atom. The van der Waals surface area contributed by atoms with E-state index >= 15 is 0 Å². The van der Waals surface area contributed by atoms with Gasteiger partial charge in [0.1, 0.15) is 0 Å². The number of halogens is 3. The van der Waals surface area contributed by atoms with Crippen LogP contribution in [0.2, 0.25) is 0 Å². The van der Waals surface area contributed by atoms with E-state index in [1.54, 1.807) is 0 Å². The number of carbonyl (C=O) groups is 1. The highest BCUT2D eigenvalue weighted by atomic mass is 35.5. The molecule has 152 valence electrons. The van der Waals surface area contributed by atoms with Crippen molar-refractivity contribution < 1.29 is 4.79 Å². The predicted octanol–water partition coefficient (Wildman–Crippen LogP) is 2.56. The third-order valence-corrected chi connectivity index (χ3v) is 4.55. The molecule has 0 bridgehead atoms. The Hall–Kier alpha value is -0.560. The van der Waals surface area contributed by atoms with Crippen molar-refractivity contribution in [2.45, 2.75) is 26.3 Å². The van der Waals surface area contributed by atoms with Gasteiger partial charge in [0.2, 0.25) is 0 Å². The van der Waals surface area contributed by atoms with E-state index in [0.717, 1.165) is 38.0 Å². The van der Waals surface area contributed by atoms with Crippen molar-refractivity contribution in [3.05, 3.63) is 35.4 Å². The zero-order valence-corrected chi connectivity index (χ0v) is 17.9. The molecule has 0 spiro atoms. The summed E-state index contributed by atoms with van der Waals surface area (Å²) in [6.07, 6.45) is 2.17. The van der Waals surface area contributed by atoms with Gasteiger partial charge in [0.15, 0.2) is 0 Å². The zero-order chi connectivity index (χ0) is 16.5. The van der Waals surface area contributed by atoms with Gasteiger partial charge in [-0.3, -0.25) is 4.79 Å². The van der Waals surface area contributed by atoms with Crippen LogP contribution in [0, 0.1) is 0 Å². The minimum Gasteiger partial charge on any atom is -0.352 e. The number of nitrogens with one attached hydrogen (secondary N) is 1. The van der Waals surface area contributed by atoms with Crippen molar-refractivity contribution in [1.82, 2.24) is 15.1 Å². The molecule has 1 fully saturated rings. The number of piperazine rings is 1. The average molecular weight is 428 g/mol. The molecule has 8 heteroatoms. The van der Waals surface area contributed by atoms with Crippen LogP contribution in [0.3, 0.4) is 0 Å². The molecule has 0 aromatic heterocycles. The van der Waals surface area contributed by atoms with Crippen LogP contribution in [0.1, 0.15) is 35.7 Å². The lowest BCUT2D eigenvalue weighted by atomic mass is 10.1. The maximum Gasteiger partial charge on any atom is 0.251 e. The Bertz CT molecular complexity index is 480. The van der Waals surface area contributed by atoms with Gasteiger partial charge in [-0.05, 0) is 43.6 Å². The molecule has 1 aliphatic heterocycles. The Morgan fingerprint density at radius 3 is 2.12 bits per heavy atom. The number of benzene rings is 1. The zero-order valence-electron chi connectivity index (χ0n) is 15.5. The monoisotopic (exact) mass is 426 g/mol. The van der Waals surface area contributed by atoms with Crippen molar-refractivity contribution in [3.8, 4) is 0 Å². The van der Waals surface area contributed by atoms with E-state index < -0.39 is 0 Å². The molecule has 1 aliphatic rings. The summed E-state index contributed by atoms with van der Waals surface area (Å²) in [6, 6.07) is 7.49.